The second kappa shape index (κ2) is 9.52. The molecule has 0 unspecified atom stereocenters. The first-order chi connectivity index (χ1) is 14.9. The van der Waals surface area contributed by atoms with Crippen molar-refractivity contribution in [2.45, 2.75) is 69.0 Å². The number of sulfonamides is 1. The van der Waals surface area contributed by atoms with E-state index in [1.807, 2.05) is 12.1 Å². The maximum Gasteiger partial charge on any atom is 0.435 e. The number of rotatable bonds is 7. The van der Waals surface area contributed by atoms with E-state index >= 15 is 0 Å². The number of aryl methyl sites for hydroxylation is 1. The summed E-state index contributed by atoms with van der Waals surface area (Å²) >= 11 is 0. The lowest BCUT2D eigenvalue weighted by atomic mass is 9.87. The van der Waals surface area contributed by atoms with Crippen LogP contribution in [0.15, 0.2) is 35.4 Å². The standard InChI is InChI=1S/C22H31F3N4O2S/c1-21(2,3)17-6-8-19(9-7-17)32(30,31)29(18-10-12-26-13-11-18)14-4-5-16-15-27-28-20(16)22(23,24)25/h6-9,15,18,26H,4-5,10-14H2,1-3H3,(H,27,28). The van der Waals surface area contributed by atoms with Crippen LogP contribution in [0.4, 0.5) is 13.2 Å². The van der Waals surface area contributed by atoms with Gasteiger partial charge in [-0.1, -0.05) is 32.9 Å². The molecule has 10 heteroatoms. The van der Waals surface area contributed by atoms with Crippen LogP contribution in [0.2, 0.25) is 0 Å². The van der Waals surface area contributed by atoms with Gasteiger partial charge < -0.3 is 5.32 Å². The Morgan fingerprint density at radius 1 is 1.09 bits per heavy atom. The molecule has 2 heterocycles. The van der Waals surface area contributed by atoms with Gasteiger partial charge in [0.05, 0.1) is 4.90 Å². The highest BCUT2D eigenvalue weighted by Gasteiger charge is 2.37. The first-order valence-corrected chi connectivity index (χ1v) is 12.3. The zero-order valence-corrected chi connectivity index (χ0v) is 19.5. The lowest BCUT2D eigenvalue weighted by Gasteiger charge is -2.34. The molecular formula is C22H31F3N4O2S. The van der Waals surface area contributed by atoms with Gasteiger partial charge in [-0.3, -0.25) is 5.10 Å². The summed E-state index contributed by atoms with van der Waals surface area (Å²) in [6.45, 7) is 7.74. The van der Waals surface area contributed by atoms with Crippen molar-refractivity contribution in [2.24, 2.45) is 0 Å². The molecule has 2 aromatic rings. The number of H-pyrrole nitrogens is 1. The summed E-state index contributed by atoms with van der Waals surface area (Å²) in [5.41, 5.74) is 0.0448. The largest absolute Gasteiger partial charge is 0.435 e. The quantitative estimate of drug-likeness (QED) is 0.636. The third-order valence-electron chi connectivity index (χ3n) is 5.86. The molecule has 0 spiro atoms. The number of benzene rings is 1. The molecule has 0 saturated carbocycles. The minimum Gasteiger partial charge on any atom is -0.317 e. The average molecular weight is 473 g/mol. The molecule has 178 valence electrons. The molecule has 1 aromatic heterocycles. The van der Waals surface area contributed by atoms with Gasteiger partial charge in [0.2, 0.25) is 10.0 Å². The molecule has 0 aliphatic carbocycles. The van der Waals surface area contributed by atoms with E-state index < -0.39 is 21.9 Å². The van der Waals surface area contributed by atoms with Crippen molar-refractivity contribution in [1.29, 1.82) is 0 Å². The number of hydrogen-bond donors (Lipinski definition) is 2. The third kappa shape index (κ3) is 5.71. The zero-order chi connectivity index (χ0) is 23.6. The minimum atomic E-state index is -4.54. The van der Waals surface area contributed by atoms with Crippen LogP contribution in [0, 0.1) is 0 Å². The fourth-order valence-electron chi connectivity index (χ4n) is 4.03. The maximum absolute atomic E-state index is 13.5. The average Bonchev–Trinajstić information content (AvgIpc) is 3.20. The summed E-state index contributed by atoms with van der Waals surface area (Å²) in [6.07, 6.45) is -1.61. The highest BCUT2D eigenvalue weighted by Crippen LogP contribution is 2.31. The topological polar surface area (TPSA) is 78.1 Å². The Morgan fingerprint density at radius 3 is 2.28 bits per heavy atom. The molecule has 1 saturated heterocycles. The first kappa shape index (κ1) is 24.7. The van der Waals surface area contributed by atoms with Crippen LogP contribution in [0.3, 0.4) is 0 Å². The summed E-state index contributed by atoms with van der Waals surface area (Å²) in [5.74, 6) is 0. The second-order valence-corrected chi connectivity index (χ2v) is 11.1. The molecule has 1 aromatic carbocycles. The summed E-state index contributed by atoms with van der Waals surface area (Å²) in [7, 11) is -3.78. The van der Waals surface area contributed by atoms with E-state index in [1.165, 1.54) is 10.5 Å². The molecule has 2 N–H and O–H groups in total. The lowest BCUT2D eigenvalue weighted by Crippen LogP contribution is -2.46. The predicted molar refractivity (Wildman–Crippen MR) is 117 cm³/mol. The van der Waals surface area contributed by atoms with Crippen LogP contribution in [0.5, 0.6) is 0 Å². The van der Waals surface area contributed by atoms with Gasteiger partial charge in [-0.05, 0) is 61.9 Å². The monoisotopic (exact) mass is 472 g/mol. The summed E-state index contributed by atoms with van der Waals surface area (Å²) in [5, 5.41) is 8.81. The molecule has 6 nitrogen and oxygen atoms in total. The zero-order valence-electron chi connectivity index (χ0n) is 18.7. The van der Waals surface area contributed by atoms with Gasteiger partial charge in [0.1, 0.15) is 0 Å². The van der Waals surface area contributed by atoms with E-state index in [-0.39, 0.29) is 41.3 Å². The Labute approximate surface area is 187 Å². The highest BCUT2D eigenvalue weighted by atomic mass is 32.2. The number of halogens is 3. The van der Waals surface area contributed by atoms with Crippen molar-refractivity contribution in [2.75, 3.05) is 19.6 Å². The van der Waals surface area contributed by atoms with Gasteiger partial charge >= 0.3 is 6.18 Å². The molecular weight excluding hydrogens is 441 g/mol. The van der Waals surface area contributed by atoms with E-state index in [4.69, 9.17) is 0 Å². The van der Waals surface area contributed by atoms with Crippen molar-refractivity contribution in [3.05, 3.63) is 47.3 Å². The maximum atomic E-state index is 13.5. The van der Waals surface area contributed by atoms with Gasteiger partial charge in [-0.2, -0.15) is 22.6 Å². The Kier molecular flexibility index (Phi) is 7.36. The van der Waals surface area contributed by atoms with Crippen molar-refractivity contribution >= 4 is 10.0 Å². The van der Waals surface area contributed by atoms with Crippen LogP contribution >= 0.6 is 0 Å². The van der Waals surface area contributed by atoms with Crippen LogP contribution < -0.4 is 5.32 Å². The normalized spacial score (nSPS) is 16.6. The van der Waals surface area contributed by atoms with E-state index in [2.05, 4.69) is 36.3 Å². The van der Waals surface area contributed by atoms with Crippen molar-refractivity contribution in [3.63, 3.8) is 0 Å². The number of alkyl halides is 3. The Bertz CT molecular complexity index is 989. The second-order valence-electron chi connectivity index (χ2n) is 9.23. The summed E-state index contributed by atoms with van der Waals surface area (Å²) in [4.78, 5) is 0.211. The van der Waals surface area contributed by atoms with E-state index in [9.17, 15) is 21.6 Å². The first-order valence-electron chi connectivity index (χ1n) is 10.8. The number of nitrogens with one attached hydrogen (secondary N) is 2. The molecule has 0 atom stereocenters. The highest BCUT2D eigenvalue weighted by molar-refractivity contribution is 7.89. The molecule has 0 amide bonds. The number of aromatic amines is 1. The van der Waals surface area contributed by atoms with Crippen LogP contribution in [-0.2, 0) is 28.0 Å². The predicted octanol–water partition coefficient (Wildman–Crippen LogP) is 4.10. The van der Waals surface area contributed by atoms with E-state index in [0.717, 1.165) is 5.56 Å². The van der Waals surface area contributed by atoms with Gasteiger partial charge in [-0.25, -0.2) is 8.42 Å². The van der Waals surface area contributed by atoms with Crippen molar-refractivity contribution in [1.82, 2.24) is 19.8 Å². The molecule has 1 aliphatic rings. The van der Waals surface area contributed by atoms with E-state index in [1.54, 1.807) is 12.1 Å². The molecule has 0 bridgehead atoms. The smallest absolute Gasteiger partial charge is 0.317 e. The van der Waals surface area contributed by atoms with Crippen molar-refractivity contribution < 1.29 is 21.6 Å². The van der Waals surface area contributed by atoms with Crippen molar-refractivity contribution in [3.8, 4) is 0 Å². The summed E-state index contributed by atoms with van der Waals surface area (Å²) in [6, 6.07) is 6.72. The summed E-state index contributed by atoms with van der Waals surface area (Å²) < 4.78 is 67.8. The Morgan fingerprint density at radius 2 is 1.72 bits per heavy atom. The fourth-order valence-corrected chi connectivity index (χ4v) is 5.76. The SMILES string of the molecule is CC(C)(C)c1ccc(S(=O)(=O)N(CCCc2c[nH]nc2C(F)(F)F)C2CCNCC2)cc1. The number of piperidine rings is 1. The molecule has 3 rings (SSSR count). The number of hydrogen-bond acceptors (Lipinski definition) is 4. The van der Waals surface area contributed by atoms with Gasteiger partial charge in [0.15, 0.2) is 5.69 Å². The minimum absolute atomic E-state index is 0.0506. The molecule has 0 radical (unpaired) electrons. The van der Waals surface area contributed by atoms with Crippen LogP contribution in [0.1, 0.15) is 56.9 Å². The van der Waals surface area contributed by atoms with Crippen LogP contribution in [0.25, 0.3) is 0 Å². The van der Waals surface area contributed by atoms with E-state index in [0.29, 0.717) is 25.9 Å². The van der Waals surface area contributed by atoms with Gasteiger partial charge in [0, 0.05) is 24.3 Å². The fraction of sp³-hybridized carbons (Fsp3) is 0.591. The molecule has 1 fully saturated rings. The Balaban J connectivity index is 1.80. The third-order valence-corrected chi connectivity index (χ3v) is 7.82. The number of aromatic nitrogens is 2. The molecule has 1 aliphatic heterocycles. The van der Waals surface area contributed by atoms with Gasteiger partial charge in [-0.15, -0.1) is 0 Å². The number of nitrogens with zero attached hydrogens (tertiary/aromatic N) is 2. The lowest BCUT2D eigenvalue weighted by molar-refractivity contribution is -0.141. The van der Waals surface area contributed by atoms with Crippen LogP contribution in [-0.4, -0.2) is 48.6 Å². The van der Waals surface area contributed by atoms with Gasteiger partial charge in [0.25, 0.3) is 0 Å². The molecule has 32 heavy (non-hydrogen) atoms. The Hall–Kier alpha value is -1.91.